The van der Waals surface area contributed by atoms with Crippen LogP contribution in [-0.2, 0) is 20.0 Å². The van der Waals surface area contributed by atoms with Gasteiger partial charge < -0.3 is 4.55 Å². The summed E-state index contributed by atoms with van der Waals surface area (Å²) in [7, 11) is -6.82. The highest BCUT2D eigenvalue weighted by Crippen LogP contribution is 2.05. The van der Waals surface area contributed by atoms with Crippen molar-refractivity contribution in [1.29, 1.82) is 0 Å². The maximum Gasteiger partial charge on any atom is 0.177 e. The molecule has 0 bridgehead atoms. The molecule has 0 radical (unpaired) electrons. The van der Waals surface area contributed by atoms with Gasteiger partial charge in [-0.1, -0.05) is 0 Å². The van der Waals surface area contributed by atoms with Gasteiger partial charge in [-0.25, -0.2) is 21.8 Å². The molecular formula is C12H19NO6S2. The topological polar surface area (TPSA) is 123 Å². The molecule has 0 amide bonds. The molecular weight excluding hydrogens is 318 g/mol. The lowest BCUT2D eigenvalue weighted by Gasteiger charge is -1.99. The van der Waals surface area contributed by atoms with Crippen LogP contribution < -0.4 is 4.98 Å². The number of aromatic amines is 1. The minimum absolute atomic E-state index is 0.0466. The third-order valence-corrected chi connectivity index (χ3v) is 3.23. The number of hydrogen-bond donors (Lipinski definition) is 0. The molecule has 0 spiro atoms. The minimum Gasteiger partial charge on any atom is -0.748 e. The molecule has 0 unspecified atom stereocenters. The van der Waals surface area contributed by atoms with Crippen molar-refractivity contribution in [3.05, 3.63) is 30.1 Å². The summed E-state index contributed by atoms with van der Waals surface area (Å²) in [6.45, 7) is 0. The minimum atomic E-state index is -3.92. The third kappa shape index (κ3) is 14.9. The van der Waals surface area contributed by atoms with Gasteiger partial charge in [-0.3, -0.25) is 4.79 Å². The van der Waals surface area contributed by atoms with E-state index in [9.17, 15) is 13.2 Å². The molecule has 1 rings (SSSR count). The molecule has 0 saturated carbocycles. The second-order valence-corrected chi connectivity index (χ2v) is 8.17. The van der Waals surface area contributed by atoms with Gasteiger partial charge in [0, 0.05) is 30.8 Å². The number of nitrogens with one attached hydrogen (secondary N) is 1. The van der Waals surface area contributed by atoms with E-state index in [0.29, 0.717) is 31.1 Å². The Labute approximate surface area is 125 Å². The number of hydrogen-bond acceptors (Lipinski definition) is 6. The molecule has 1 aromatic rings. The van der Waals surface area contributed by atoms with Gasteiger partial charge in [-0.15, -0.1) is 0 Å². The lowest BCUT2D eigenvalue weighted by atomic mass is 10.1. The van der Waals surface area contributed by atoms with Crippen molar-refractivity contribution in [3.63, 3.8) is 0 Å². The molecule has 9 heteroatoms. The van der Waals surface area contributed by atoms with Crippen LogP contribution in [0, 0.1) is 0 Å². The van der Waals surface area contributed by atoms with Crippen molar-refractivity contribution in [2.24, 2.45) is 0 Å². The molecule has 1 heterocycles. The van der Waals surface area contributed by atoms with Crippen LogP contribution in [0.15, 0.2) is 24.5 Å². The number of unbranched alkanes of at least 4 members (excludes halogenated alkanes) is 1. The molecule has 0 fully saturated rings. The predicted molar refractivity (Wildman–Crippen MR) is 76.5 cm³/mol. The maximum absolute atomic E-state index is 11.6. The van der Waals surface area contributed by atoms with Crippen LogP contribution in [0.5, 0.6) is 0 Å². The highest BCUT2D eigenvalue weighted by Gasteiger charge is 2.08. The zero-order valence-corrected chi connectivity index (χ0v) is 13.5. The van der Waals surface area contributed by atoms with Gasteiger partial charge in [0.15, 0.2) is 18.2 Å². The Morgan fingerprint density at radius 3 is 2.19 bits per heavy atom. The summed E-state index contributed by atoms with van der Waals surface area (Å²) < 4.78 is 48.9. The summed E-state index contributed by atoms with van der Waals surface area (Å²) in [5.74, 6) is 0.201. The second kappa shape index (κ2) is 8.85. The van der Waals surface area contributed by atoms with E-state index in [0.717, 1.165) is 0 Å². The van der Waals surface area contributed by atoms with Crippen LogP contribution in [-0.4, -0.2) is 45.4 Å². The van der Waals surface area contributed by atoms with E-state index in [4.69, 9.17) is 13.0 Å². The van der Waals surface area contributed by atoms with E-state index in [-0.39, 0.29) is 11.5 Å². The first-order chi connectivity index (χ1) is 9.49. The average molecular weight is 337 g/mol. The number of Topliss-reactive ketones (excluding diaryl/α,β-unsaturated/α-hetero) is 1. The number of sulfone groups is 1. The lowest BCUT2D eigenvalue weighted by molar-refractivity contribution is -0.378. The van der Waals surface area contributed by atoms with E-state index >= 15 is 0 Å². The number of H-pyrrole nitrogens is 1. The summed E-state index contributed by atoms with van der Waals surface area (Å²) in [6, 6.07) is 3.51. The summed E-state index contributed by atoms with van der Waals surface area (Å²) in [6.07, 6.45) is 6.75. The van der Waals surface area contributed by atoms with E-state index in [1.807, 2.05) is 0 Å². The van der Waals surface area contributed by atoms with Crippen LogP contribution in [0.2, 0.25) is 0 Å². The standard InChI is InChI=1S/C11H15NO3S.CH4O3S/c1-16(14,15)8-3-2-6-11(13)10-5-4-7-12-9-10;1-5(2,3)4/h4-5,7,9H,2-3,6,8H2,1H3;1H3,(H,2,3,4). The Morgan fingerprint density at radius 1 is 1.19 bits per heavy atom. The Bertz CT molecular complexity index is 630. The fourth-order valence-electron chi connectivity index (χ4n) is 1.36. The van der Waals surface area contributed by atoms with E-state index in [2.05, 4.69) is 4.98 Å². The van der Waals surface area contributed by atoms with Gasteiger partial charge in [0.25, 0.3) is 0 Å². The number of ketones is 1. The van der Waals surface area contributed by atoms with E-state index in [1.165, 1.54) is 6.26 Å². The van der Waals surface area contributed by atoms with Crippen molar-refractivity contribution in [2.45, 2.75) is 19.3 Å². The third-order valence-electron chi connectivity index (χ3n) is 2.20. The van der Waals surface area contributed by atoms with Gasteiger partial charge in [0.2, 0.25) is 0 Å². The van der Waals surface area contributed by atoms with Gasteiger partial charge in [-0.2, -0.15) is 0 Å². The van der Waals surface area contributed by atoms with Crippen LogP contribution in [0.4, 0.5) is 0 Å². The number of aromatic nitrogens is 1. The highest BCUT2D eigenvalue weighted by atomic mass is 32.2. The van der Waals surface area contributed by atoms with Crippen LogP contribution in [0.3, 0.4) is 0 Å². The molecule has 7 nitrogen and oxygen atoms in total. The van der Waals surface area contributed by atoms with Crippen LogP contribution in [0.1, 0.15) is 29.6 Å². The Kier molecular flexibility index (Phi) is 8.30. The molecule has 1 N–H and O–H groups in total. The fraction of sp³-hybridized carbons (Fsp3) is 0.500. The highest BCUT2D eigenvalue weighted by molar-refractivity contribution is 7.90. The van der Waals surface area contributed by atoms with Crippen molar-refractivity contribution < 1.29 is 31.2 Å². The van der Waals surface area contributed by atoms with Crippen molar-refractivity contribution >= 4 is 25.7 Å². The normalized spacial score (nSPS) is 11.4. The second-order valence-electron chi connectivity index (χ2n) is 4.51. The fourth-order valence-corrected chi connectivity index (χ4v) is 2.09. The maximum atomic E-state index is 11.6. The lowest BCUT2D eigenvalue weighted by Crippen LogP contribution is -2.08. The quantitative estimate of drug-likeness (QED) is 0.411. The largest absolute Gasteiger partial charge is 0.748 e. The molecule has 0 aromatic carbocycles. The first-order valence-electron chi connectivity index (χ1n) is 6.07. The molecule has 0 saturated heterocycles. The Hall–Kier alpha value is -1.32. The monoisotopic (exact) mass is 337 g/mol. The zero-order chi connectivity index (χ0) is 16.5. The number of rotatable bonds is 6. The number of pyridine rings is 1. The Morgan fingerprint density at radius 2 is 1.76 bits per heavy atom. The van der Waals surface area contributed by atoms with Crippen LogP contribution >= 0.6 is 0 Å². The van der Waals surface area contributed by atoms with E-state index in [1.54, 1.807) is 24.5 Å². The van der Waals surface area contributed by atoms with E-state index < -0.39 is 20.0 Å². The van der Waals surface area contributed by atoms with Gasteiger partial charge in [0.05, 0.1) is 15.7 Å². The Balaban J connectivity index is 0.000000690. The summed E-state index contributed by atoms with van der Waals surface area (Å²) in [5.41, 5.74) is 0.641. The van der Waals surface area contributed by atoms with Crippen LogP contribution in [0.25, 0.3) is 0 Å². The summed E-state index contributed by atoms with van der Waals surface area (Å²) in [4.78, 5) is 14.4. The molecule has 21 heavy (non-hydrogen) atoms. The predicted octanol–water partition coefficient (Wildman–Crippen LogP) is 0.0597. The van der Waals surface area contributed by atoms with Crippen molar-refractivity contribution in [1.82, 2.24) is 0 Å². The molecule has 120 valence electrons. The molecule has 0 aliphatic rings. The first kappa shape index (κ1) is 19.7. The van der Waals surface area contributed by atoms with Gasteiger partial charge >= 0.3 is 0 Å². The SMILES string of the molecule is CS(=O)(=O)CCCCC(=O)c1ccc[nH+]c1.CS(=O)(=O)[O-]. The molecule has 0 aliphatic carbocycles. The number of carbonyl (C=O) groups excluding carboxylic acids is 1. The van der Waals surface area contributed by atoms with Crippen molar-refractivity contribution in [2.75, 3.05) is 18.3 Å². The van der Waals surface area contributed by atoms with Gasteiger partial charge in [-0.05, 0) is 18.9 Å². The van der Waals surface area contributed by atoms with Crippen molar-refractivity contribution in [3.8, 4) is 0 Å². The average Bonchev–Trinajstić information content (AvgIpc) is 2.32. The van der Waals surface area contributed by atoms with Gasteiger partial charge in [0.1, 0.15) is 9.84 Å². The smallest absolute Gasteiger partial charge is 0.177 e. The summed E-state index contributed by atoms with van der Waals surface area (Å²) >= 11 is 0. The zero-order valence-electron chi connectivity index (χ0n) is 11.9. The summed E-state index contributed by atoms with van der Waals surface area (Å²) in [5, 5.41) is 0. The molecule has 0 aliphatic heterocycles. The first-order valence-corrected chi connectivity index (χ1v) is 9.94. The number of carbonyl (C=O) groups is 1. The molecule has 0 atom stereocenters. The molecule has 1 aromatic heterocycles.